The lowest BCUT2D eigenvalue weighted by atomic mass is 10.2. The molecule has 158 valence electrons. The summed E-state index contributed by atoms with van der Waals surface area (Å²) in [5.41, 5.74) is 0.553. The van der Waals surface area contributed by atoms with Gasteiger partial charge in [-0.2, -0.15) is 9.97 Å². The van der Waals surface area contributed by atoms with Crippen LogP contribution in [0.15, 0.2) is 47.4 Å². The summed E-state index contributed by atoms with van der Waals surface area (Å²) in [6, 6.07) is 7.04. The molecule has 0 fully saturated rings. The molecule has 10 heteroatoms. The monoisotopic (exact) mass is 435 g/mol. The minimum atomic E-state index is -3.52. The standard InChI is InChI=1S/C20H19F2N3O4S/c1-12(2)30(27,28)11-14-9-17(13-7-8-18(26)25(3)10-13)24-20(23-14)29-19-15(21)5-4-6-16(19)22/h4-10,12H,11H2,1-3H3. The van der Waals surface area contributed by atoms with E-state index >= 15 is 0 Å². The molecule has 0 saturated heterocycles. The second-order valence-corrected chi connectivity index (χ2v) is 9.46. The molecule has 0 aliphatic heterocycles. The van der Waals surface area contributed by atoms with Crippen molar-refractivity contribution < 1.29 is 21.9 Å². The third-order valence-electron chi connectivity index (χ3n) is 4.32. The van der Waals surface area contributed by atoms with Gasteiger partial charge < -0.3 is 9.30 Å². The van der Waals surface area contributed by atoms with Crippen molar-refractivity contribution in [1.82, 2.24) is 14.5 Å². The molecule has 0 aliphatic rings. The van der Waals surface area contributed by atoms with Gasteiger partial charge in [0.1, 0.15) is 0 Å². The van der Waals surface area contributed by atoms with Crippen LogP contribution in [0, 0.1) is 11.6 Å². The molecule has 0 atom stereocenters. The van der Waals surface area contributed by atoms with Crippen molar-refractivity contribution in [1.29, 1.82) is 0 Å². The van der Waals surface area contributed by atoms with Crippen LogP contribution in [0.4, 0.5) is 8.78 Å². The van der Waals surface area contributed by atoms with Crippen LogP contribution in [0.3, 0.4) is 0 Å². The van der Waals surface area contributed by atoms with E-state index in [2.05, 4.69) is 9.97 Å². The number of hydrogen-bond donors (Lipinski definition) is 0. The number of hydrogen-bond acceptors (Lipinski definition) is 6. The van der Waals surface area contributed by atoms with Crippen LogP contribution in [-0.4, -0.2) is 28.2 Å². The molecule has 1 aromatic carbocycles. The Morgan fingerprint density at radius 1 is 1.10 bits per heavy atom. The Labute approximate surface area is 171 Å². The lowest BCUT2D eigenvalue weighted by Crippen LogP contribution is -2.17. The predicted molar refractivity (Wildman–Crippen MR) is 107 cm³/mol. The fraction of sp³-hybridized carbons (Fsp3) is 0.250. The first-order valence-electron chi connectivity index (χ1n) is 8.95. The van der Waals surface area contributed by atoms with E-state index in [4.69, 9.17) is 4.74 Å². The largest absolute Gasteiger partial charge is 0.418 e. The fourth-order valence-corrected chi connectivity index (χ4v) is 3.42. The predicted octanol–water partition coefficient (Wildman–Crippen LogP) is 3.24. The van der Waals surface area contributed by atoms with E-state index in [1.165, 1.54) is 48.9 Å². The summed E-state index contributed by atoms with van der Waals surface area (Å²) >= 11 is 0. The van der Waals surface area contributed by atoms with Gasteiger partial charge in [0.05, 0.1) is 22.4 Å². The number of para-hydroxylation sites is 1. The molecule has 2 aromatic heterocycles. The van der Waals surface area contributed by atoms with E-state index in [-0.39, 0.29) is 16.9 Å². The number of benzene rings is 1. The molecule has 7 nitrogen and oxygen atoms in total. The van der Waals surface area contributed by atoms with Gasteiger partial charge in [-0.3, -0.25) is 4.79 Å². The number of rotatable bonds is 6. The maximum atomic E-state index is 14.0. The van der Waals surface area contributed by atoms with Crippen molar-refractivity contribution in [2.75, 3.05) is 0 Å². The second-order valence-electron chi connectivity index (χ2n) is 6.90. The lowest BCUT2D eigenvalue weighted by molar-refractivity contribution is 0.381. The van der Waals surface area contributed by atoms with Crippen LogP contribution in [0.1, 0.15) is 19.5 Å². The molecule has 2 heterocycles. The molecule has 0 N–H and O–H groups in total. The van der Waals surface area contributed by atoms with Crippen LogP contribution in [0.25, 0.3) is 11.3 Å². The number of aromatic nitrogens is 3. The lowest BCUT2D eigenvalue weighted by Gasteiger charge is -2.12. The fourth-order valence-electron chi connectivity index (χ4n) is 2.53. The average molecular weight is 435 g/mol. The van der Waals surface area contributed by atoms with Crippen molar-refractivity contribution in [3.05, 3.63) is 70.3 Å². The Kier molecular flexibility index (Phi) is 5.97. The summed E-state index contributed by atoms with van der Waals surface area (Å²) in [4.78, 5) is 19.8. The topological polar surface area (TPSA) is 91.2 Å². The van der Waals surface area contributed by atoms with Gasteiger partial charge in [0.25, 0.3) is 0 Å². The highest BCUT2D eigenvalue weighted by molar-refractivity contribution is 7.91. The second kappa shape index (κ2) is 8.31. The Hall–Kier alpha value is -3.14. The highest BCUT2D eigenvalue weighted by Gasteiger charge is 2.21. The van der Waals surface area contributed by atoms with Crippen LogP contribution in [-0.2, 0) is 22.6 Å². The molecule has 0 spiro atoms. The molecule has 0 aliphatic carbocycles. The number of halogens is 2. The van der Waals surface area contributed by atoms with Gasteiger partial charge in [-0.25, -0.2) is 17.2 Å². The van der Waals surface area contributed by atoms with Gasteiger partial charge >= 0.3 is 6.01 Å². The third kappa shape index (κ3) is 4.70. The normalized spacial score (nSPS) is 11.7. The average Bonchev–Trinajstić information content (AvgIpc) is 2.66. The van der Waals surface area contributed by atoms with Crippen molar-refractivity contribution >= 4 is 9.84 Å². The van der Waals surface area contributed by atoms with E-state index in [1.54, 1.807) is 7.05 Å². The van der Waals surface area contributed by atoms with Crippen molar-refractivity contribution in [2.24, 2.45) is 7.05 Å². The quantitative estimate of drug-likeness (QED) is 0.590. The highest BCUT2D eigenvalue weighted by atomic mass is 32.2. The van der Waals surface area contributed by atoms with Gasteiger partial charge in [0, 0.05) is 24.9 Å². The Morgan fingerprint density at radius 2 is 1.77 bits per heavy atom. The van der Waals surface area contributed by atoms with Crippen molar-refractivity contribution in [3.63, 3.8) is 0 Å². The first-order valence-corrected chi connectivity index (χ1v) is 10.7. The molecule has 0 saturated carbocycles. The van der Waals surface area contributed by atoms with E-state index in [0.29, 0.717) is 5.56 Å². The van der Waals surface area contributed by atoms with E-state index in [9.17, 15) is 22.0 Å². The first kappa shape index (κ1) is 21.6. The molecular weight excluding hydrogens is 416 g/mol. The number of nitrogens with zero attached hydrogens (tertiary/aromatic N) is 3. The van der Waals surface area contributed by atoms with Gasteiger partial charge in [0.15, 0.2) is 21.5 Å². The third-order valence-corrected chi connectivity index (χ3v) is 6.45. The maximum Gasteiger partial charge on any atom is 0.322 e. The van der Waals surface area contributed by atoms with Gasteiger partial charge in [-0.1, -0.05) is 6.07 Å². The number of aryl methyl sites for hydroxylation is 1. The van der Waals surface area contributed by atoms with Crippen LogP contribution in [0.5, 0.6) is 11.8 Å². The Morgan fingerprint density at radius 3 is 2.37 bits per heavy atom. The Balaban J connectivity index is 2.12. The summed E-state index contributed by atoms with van der Waals surface area (Å²) in [5.74, 6) is -3.03. The molecule has 0 amide bonds. The van der Waals surface area contributed by atoms with Gasteiger partial charge in [0.2, 0.25) is 11.3 Å². The molecule has 3 aromatic rings. The minimum absolute atomic E-state index is 0.0919. The molecular formula is C20H19F2N3O4S. The van der Waals surface area contributed by atoms with Crippen LogP contribution in [0.2, 0.25) is 0 Å². The SMILES string of the molecule is CC(C)S(=O)(=O)Cc1cc(-c2ccc(=O)n(C)c2)nc(Oc2c(F)cccc2F)n1. The summed E-state index contributed by atoms with van der Waals surface area (Å²) in [6.45, 7) is 3.08. The zero-order valence-corrected chi connectivity index (χ0v) is 17.3. The van der Waals surface area contributed by atoms with Crippen LogP contribution < -0.4 is 10.3 Å². The molecule has 30 heavy (non-hydrogen) atoms. The van der Waals surface area contributed by atoms with Gasteiger partial charge in [-0.05, 0) is 38.1 Å². The van der Waals surface area contributed by atoms with Gasteiger partial charge in [-0.15, -0.1) is 0 Å². The molecule has 0 unspecified atom stereocenters. The summed E-state index contributed by atoms with van der Waals surface area (Å²) < 4.78 is 59.2. The number of ether oxygens (including phenoxy) is 1. The zero-order valence-electron chi connectivity index (χ0n) is 16.5. The highest BCUT2D eigenvalue weighted by Crippen LogP contribution is 2.28. The summed E-state index contributed by atoms with van der Waals surface area (Å²) in [7, 11) is -1.98. The van der Waals surface area contributed by atoms with E-state index in [1.807, 2.05) is 0 Å². The Bertz CT molecular complexity index is 1240. The van der Waals surface area contributed by atoms with Crippen LogP contribution >= 0.6 is 0 Å². The minimum Gasteiger partial charge on any atom is -0.418 e. The van der Waals surface area contributed by atoms with E-state index in [0.717, 1.165) is 12.1 Å². The number of sulfone groups is 1. The maximum absolute atomic E-state index is 14.0. The zero-order chi connectivity index (χ0) is 22.1. The number of pyridine rings is 1. The molecule has 0 bridgehead atoms. The first-order chi connectivity index (χ1) is 14.1. The molecule has 3 rings (SSSR count). The molecule has 0 radical (unpaired) electrons. The summed E-state index contributed by atoms with van der Waals surface area (Å²) in [6.07, 6.45) is 1.50. The van der Waals surface area contributed by atoms with Crippen molar-refractivity contribution in [3.8, 4) is 23.0 Å². The smallest absolute Gasteiger partial charge is 0.322 e. The van der Waals surface area contributed by atoms with Crippen molar-refractivity contribution in [2.45, 2.75) is 24.9 Å². The van der Waals surface area contributed by atoms with E-state index < -0.39 is 44.2 Å². The summed E-state index contributed by atoms with van der Waals surface area (Å²) in [5, 5.41) is -0.651.